The van der Waals surface area contributed by atoms with Crippen LogP contribution in [-0.2, 0) is 12.9 Å². The molecule has 0 aromatic heterocycles. The van der Waals surface area contributed by atoms with Gasteiger partial charge < -0.3 is 4.74 Å². The molecule has 2 aromatic carbocycles. The van der Waals surface area contributed by atoms with E-state index < -0.39 is 35.8 Å². The number of halogens is 6. The Kier molecular flexibility index (Phi) is 4.11. The van der Waals surface area contributed by atoms with Crippen molar-refractivity contribution in [1.82, 2.24) is 0 Å². The van der Waals surface area contributed by atoms with E-state index in [1.54, 1.807) is 0 Å². The highest BCUT2D eigenvalue weighted by Gasteiger charge is 2.33. The van der Waals surface area contributed by atoms with E-state index in [1.165, 1.54) is 24.3 Å². The average molecular weight is 306 g/mol. The first-order valence-electron chi connectivity index (χ1n) is 5.70. The van der Waals surface area contributed by atoms with Gasteiger partial charge in [-0.15, -0.1) is 0 Å². The quantitative estimate of drug-likeness (QED) is 0.704. The van der Waals surface area contributed by atoms with Crippen LogP contribution in [0.15, 0.2) is 36.4 Å². The molecule has 0 saturated heterocycles. The van der Waals surface area contributed by atoms with Crippen LogP contribution in [0.25, 0.3) is 0 Å². The van der Waals surface area contributed by atoms with Gasteiger partial charge in [0.05, 0.1) is 5.56 Å². The maximum atomic E-state index is 13.6. The van der Waals surface area contributed by atoms with E-state index in [1.807, 2.05) is 0 Å². The van der Waals surface area contributed by atoms with Gasteiger partial charge in [0.1, 0.15) is 12.4 Å². The summed E-state index contributed by atoms with van der Waals surface area (Å²) >= 11 is 0. The van der Waals surface area contributed by atoms with Gasteiger partial charge in [0.2, 0.25) is 0 Å². The Bertz CT molecular complexity index is 627. The van der Waals surface area contributed by atoms with E-state index in [4.69, 9.17) is 4.74 Å². The first-order valence-corrected chi connectivity index (χ1v) is 5.70. The van der Waals surface area contributed by atoms with Gasteiger partial charge in [-0.1, -0.05) is 12.1 Å². The van der Waals surface area contributed by atoms with Crippen molar-refractivity contribution in [2.24, 2.45) is 0 Å². The Morgan fingerprint density at radius 2 is 1.57 bits per heavy atom. The number of benzene rings is 2. The smallest absolute Gasteiger partial charge is 0.416 e. The second kappa shape index (κ2) is 5.67. The van der Waals surface area contributed by atoms with Gasteiger partial charge in [-0.05, 0) is 29.8 Å². The van der Waals surface area contributed by atoms with Crippen LogP contribution in [0.5, 0.6) is 11.5 Å². The molecule has 2 aromatic rings. The molecule has 0 aliphatic heterocycles. The van der Waals surface area contributed by atoms with Crippen molar-refractivity contribution < 1.29 is 31.1 Å². The van der Waals surface area contributed by atoms with Crippen molar-refractivity contribution >= 4 is 0 Å². The lowest BCUT2D eigenvalue weighted by atomic mass is 10.2. The van der Waals surface area contributed by atoms with Gasteiger partial charge in [0.15, 0.2) is 17.4 Å². The van der Waals surface area contributed by atoms with Crippen LogP contribution in [0.3, 0.4) is 0 Å². The normalized spacial score (nSPS) is 11.5. The summed E-state index contributed by atoms with van der Waals surface area (Å²) in [6.07, 6.45) is -4.87. The summed E-state index contributed by atoms with van der Waals surface area (Å²) in [5.41, 5.74) is -1.25. The number of hydrogen-bond acceptors (Lipinski definition) is 1. The molecule has 2 rings (SSSR count). The Morgan fingerprint density at radius 3 is 2.10 bits per heavy atom. The van der Waals surface area contributed by atoms with Crippen molar-refractivity contribution in [1.29, 1.82) is 0 Å². The van der Waals surface area contributed by atoms with Crippen LogP contribution < -0.4 is 4.74 Å². The number of alkyl halides is 4. The SMILES string of the molecule is FCc1cccc(Oc2c(F)cc(C(F)(F)F)cc2F)c1. The summed E-state index contributed by atoms with van der Waals surface area (Å²) in [6.45, 7) is -0.810. The Labute approximate surface area is 115 Å². The van der Waals surface area contributed by atoms with Crippen LogP contribution in [0, 0.1) is 11.6 Å². The van der Waals surface area contributed by atoms with Crippen LogP contribution >= 0.6 is 0 Å². The van der Waals surface area contributed by atoms with Crippen LogP contribution in [0.2, 0.25) is 0 Å². The lowest BCUT2D eigenvalue weighted by Gasteiger charge is -2.12. The average Bonchev–Trinajstić information content (AvgIpc) is 2.42. The molecule has 0 aliphatic carbocycles. The molecule has 0 unspecified atom stereocenters. The molecular weight excluding hydrogens is 298 g/mol. The van der Waals surface area contributed by atoms with E-state index >= 15 is 0 Å². The van der Waals surface area contributed by atoms with E-state index in [0.29, 0.717) is 0 Å². The number of rotatable bonds is 3. The van der Waals surface area contributed by atoms with E-state index in [0.717, 1.165) is 0 Å². The van der Waals surface area contributed by atoms with Crippen LogP contribution in [-0.4, -0.2) is 0 Å². The molecule has 0 saturated carbocycles. The van der Waals surface area contributed by atoms with E-state index in [-0.39, 0.29) is 23.4 Å². The minimum atomic E-state index is -4.87. The maximum absolute atomic E-state index is 13.6. The fraction of sp³-hybridized carbons (Fsp3) is 0.143. The second-order valence-electron chi connectivity index (χ2n) is 4.15. The molecule has 7 heteroatoms. The lowest BCUT2D eigenvalue weighted by molar-refractivity contribution is -0.138. The Morgan fingerprint density at radius 1 is 0.952 bits per heavy atom. The molecule has 0 N–H and O–H groups in total. The molecule has 0 amide bonds. The summed E-state index contributed by atoms with van der Waals surface area (Å²) in [5, 5.41) is 0. The predicted molar refractivity (Wildman–Crippen MR) is 62.7 cm³/mol. The molecule has 0 radical (unpaired) electrons. The zero-order valence-electron chi connectivity index (χ0n) is 10.3. The fourth-order valence-corrected chi connectivity index (χ4v) is 1.63. The largest absolute Gasteiger partial charge is 0.451 e. The molecule has 0 fully saturated rings. The third-order valence-electron chi connectivity index (χ3n) is 2.60. The van der Waals surface area contributed by atoms with E-state index in [2.05, 4.69) is 0 Å². The number of ether oxygens (including phenoxy) is 1. The maximum Gasteiger partial charge on any atom is 0.416 e. The van der Waals surface area contributed by atoms with Crippen LogP contribution in [0.4, 0.5) is 26.3 Å². The molecule has 0 spiro atoms. The van der Waals surface area contributed by atoms with E-state index in [9.17, 15) is 26.3 Å². The topological polar surface area (TPSA) is 9.23 Å². The Hall–Kier alpha value is -2.18. The van der Waals surface area contributed by atoms with Crippen molar-refractivity contribution in [3.05, 3.63) is 59.2 Å². The molecule has 0 bridgehead atoms. The van der Waals surface area contributed by atoms with Crippen molar-refractivity contribution in [3.63, 3.8) is 0 Å². The fourth-order valence-electron chi connectivity index (χ4n) is 1.63. The highest BCUT2D eigenvalue weighted by atomic mass is 19.4. The molecule has 1 nitrogen and oxygen atoms in total. The lowest BCUT2D eigenvalue weighted by Crippen LogP contribution is -2.07. The van der Waals surface area contributed by atoms with Gasteiger partial charge in [0.25, 0.3) is 0 Å². The van der Waals surface area contributed by atoms with Crippen molar-refractivity contribution in [2.45, 2.75) is 12.9 Å². The summed E-state index contributed by atoms with van der Waals surface area (Å²) < 4.78 is 81.6. The second-order valence-corrected chi connectivity index (χ2v) is 4.15. The highest BCUT2D eigenvalue weighted by Crippen LogP contribution is 2.35. The molecular formula is C14H8F6O. The third kappa shape index (κ3) is 3.48. The first-order chi connectivity index (χ1) is 9.81. The summed E-state index contributed by atoms with van der Waals surface area (Å²) in [4.78, 5) is 0. The summed E-state index contributed by atoms with van der Waals surface area (Å²) in [5.74, 6) is -4.04. The predicted octanol–water partition coefficient (Wildman–Crippen LogP) is 5.25. The van der Waals surface area contributed by atoms with Gasteiger partial charge in [0, 0.05) is 0 Å². The van der Waals surface area contributed by atoms with Gasteiger partial charge in [-0.2, -0.15) is 13.2 Å². The highest BCUT2D eigenvalue weighted by molar-refractivity contribution is 5.38. The monoisotopic (exact) mass is 306 g/mol. The summed E-state index contributed by atoms with van der Waals surface area (Å²) in [7, 11) is 0. The first kappa shape index (κ1) is 15.2. The Balaban J connectivity index is 2.36. The third-order valence-corrected chi connectivity index (χ3v) is 2.60. The van der Waals surface area contributed by atoms with Crippen molar-refractivity contribution in [3.8, 4) is 11.5 Å². The molecule has 112 valence electrons. The standard InChI is InChI=1S/C14H8F6O/c15-7-8-2-1-3-10(4-8)21-13-11(16)5-9(6-12(13)17)14(18,19)20/h1-6H,7H2. The number of hydrogen-bond donors (Lipinski definition) is 0. The van der Waals surface area contributed by atoms with Crippen molar-refractivity contribution in [2.75, 3.05) is 0 Å². The minimum Gasteiger partial charge on any atom is -0.451 e. The zero-order valence-corrected chi connectivity index (χ0v) is 10.3. The molecule has 0 heterocycles. The molecule has 0 atom stereocenters. The van der Waals surface area contributed by atoms with Gasteiger partial charge >= 0.3 is 6.18 Å². The van der Waals surface area contributed by atoms with Gasteiger partial charge in [-0.3, -0.25) is 0 Å². The zero-order chi connectivity index (χ0) is 15.6. The summed E-state index contributed by atoms with van der Waals surface area (Å²) in [6, 6.07) is 5.58. The molecule has 21 heavy (non-hydrogen) atoms. The van der Waals surface area contributed by atoms with Gasteiger partial charge in [-0.25, -0.2) is 13.2 Å². The minimum absolute atomic E-state index is 0.0808. The van der Waals surface area contributed by atoms with Crippen LogP contribution in [0.1, 0.15) is 11.1 Å². The molecule has 0 aliphatic rings.